The van der Waals surface area contributed by atoms with Crippen molar-refractivity contribution in [1.82, 2.24) is 24.8 Å². The molecule has 2 aromatic heterocycles. The zero-order valence-corrected chi connectivity index (χ0v) is 24.5. The maximum atomic E-state index is 13.0. The Kier molecular flexibility index (Phi) is 9.92. The first-order chi connectivity index (χ1) is 20.9. The standard InChI is InChI=1S/C29H32N6O7S/c1-39-20-7-9-21(10-8-20)41-15-23-22(36)13-24(42-23)35-17-33-25-26(31-16-32-27(25)35)34-28(37)19-5-3-18(4-6-19)14-30-29(38)40-11-12-43-2/h3-10,16-17,22-24,36H,11-15H2,1-2H3,(H,30,38)(H,31,32,34,37)/t22-,23-,24-/m1/s1. The van der Waals surface area contributed by atoms with E-state index in [1.54, 1.807) is 78.3 Å². The first kappa shape index (κ1) is 30.1. The van der Waals surface area contributed by atoms with Gasteiger partial charge in [0, 0.05) is 24.3 Å². The quantitative estimate of drug-likeness (QED) is 0.202. The fraction of sp³-hybridized carbons (Fsp3) is 0.345. The Morgan fingerprint density at radius 2 is 1.86 bits per heavy atom. The Labute approximate surface area is 251 Å². The van der Waals surface area contributed by atoms with E-state index < -0.39 is 24.5 Å². The predicted octanol–water partition coefficient (Wildman–Crippen LogP) is 3.40. The van der Waals surface area contributed by atoms with Gasteiger partial charge < -0.3 is 34.7 Å². The van der Waals surface area contributed by atoms with Gasteiger partial charge in [0.05, 0.1) is 19.5 Å². The number of hydrogen-bond donors (Lipinski definition) is 3. The number of aliphatic hydroxyl groups excluding tert-OH is 1. The van der Waals surface area contributed by atoms with Crippen molar-refractivity contribution in [2.24, 2.45) is 0 Å². The number of carbonyl (C=O) groups is 2. The van der Waals surface area contributed by atoms with E-state index in [4.69, 9.17) is 18.9 Å². The lowest BCUT2D eigenvalue weighted by Crippen LogP contribution is -2.28. The Balaban J connectivity index is 1.18. The molecule has 1 fully saturated rings. The van der Waals surface area contributed by atoms with Gasteiger partial charge in [0.1, 0.15) is 43.4 Å². The van der Waals surface area contributed by atoms with Crippen molar-refractivity contribution in [2.75, 3.05) is 37.6 Å². The fourth-order valence-electron chi connectivity index (χ4n) is 4.44. The van der Waals surface area contributed by atoms with Crippen LogP contribution in [0.15, 0.2) is 61.2 Å². The van der Waals surface area contributed by atoms with Gasteiger partial charge in [0.15, 0.2) is 17.0 Å². The highest BCUT2D eigenvalue weighted by Crippen LogP contribution is 2.32. The molecule has 0 unspecified atom stereocenters. The smallest absolute Gasteiger partial charge is 0.407 e. The van der Waals surface area contributed by atoms with Crippen LogP contribution in [0.25, 0.3) is 11.2 Å². The molecule has 3 N–H and O–H groups in total. The summed E-state index contributed by atoms with van der Waals surface area (Å²) >= 11 is 1.59. The number of rotatable bonds is 12. The van der Waals surface area contributed by atoms with E-state index in [0.29, 0.717) is 35.5 Å². The Morgan fingerprint density at radius 3 is 2.60 bits per heavy atom. The van der Waals surface area contributed by atoms with Gasteiger partial charge in [-0.3, -0.25) is 9.36 Å². The second-order valence-corrected chi connectivity index (χ2v) is 10.6. The van der Waals surface area contributed by atoms with Crippen LogP contribution in [-0.2, 0) is 16.0 Å². The molecule has 226 valence electrons. The van der Waals surface area contributed by atoms with Crippen LogP contribution in [0.1, 0.15) is 28.6 Å². The van der Waals surface area contributed by atoms with Gasteiger partial charge in [0.25, 0.3) is 5.91 Å². The number of methoxy groups -OCH3 is 1. The summed E-state index contributed by atoms with van der Waals surface area (Å²) in [5.74, 6) is 1.95. The molecule has 0 saturated carbocycles. The molecular weight excluding hydrogens is 576 g/mol. The Morgan fingerprint density at radius 1 is 1.09 bits per heavy atom. The summed E-state index contributed by atoms with van der Waals surface area (Å²) < 4.78 is 23.8. The summed E-state index contributed by atoms with van der Waals surface area (Å²) in [5, 5.41) is 16.1. The summed E-state index contributed by atoms with van der Waals surface area (Å²) in [6.45, 7) is 0.775. The minimum atomic E-state index is -0.759. The van der Waals surface area contributed by atoms with Crippen molar-refractivity contribution < 1.29 is 33.6 Å². The molecule has 1 aliphatic rings. The van der Waals surface area contributed by atoms with Crippen LogP contribution >= 0.6 is 11.8 Å². The van der Waals surface area contributed by atoms with E-state index in [2.05, 4.69) is 25.6 Å². The highest BCUT2D eigenvalue weighted by molar-refractivity contribution is 7.98. The third kappa shape index (κ3) is 7.52. The number of anilines is 1. The number of imidazole rings is 1. The number of fused-ring (bicyclic) bond motifs is 1. The minimum Gasteiger partial charge on any atom is -0.497 e. The molecule has 4 aromatic rings. The van der Waals surface area contributed by atoms with E-state index >= 15 is 0 Å². The largest absolute Gasteiger partial charge is 0.497 e. The molecule has 0 radical (unpaired) electrons. The third-order valence-corrected chi connectivity index (χ3v) is 7.33. The summed E-state index contributed by atoms with van der Waals surface area (Å²) in [6, 6.07) is 14.0. The number of benzene rings is 2. The monoisotopic (exact) mass is 608 g/mol. The molecule has 2 aromatic carbocycles. The number of thioether (sulfide) groups is 1. The average Bonchev–Trinajstić information content (AvgIpc) is 3.63. The highest BCUT2D eigenvalue weighted by Gasteiger charge is 2.36. The molecule has 43 heavy (non-hydrogen) atoms. The molecule has 13 nitrogen and oxygen atoms in total. The van der Waals surface area contributed by atoms with Gasteiger partial charge in [-0.15, -0.1) is 0 Å². The summed E-state index contributed by atoms with van der Waals surface area (Å²) in [4.78, 5) is 37.7. The lowest BCUT2D eigenvalue weighted by Gasteiger charge is -2.16. The first-order valence-corrected chi connectivity index (χ1v) is 14.9. The van der Waals surface area contributed by atoms with Crippen molar-refractivity contribution in [1.29, 1.82) is 0 Å². The van der Waals surface area contributed by atoms with Crippen LogP contribution in [0.3, 0.4) is 0 Å². The molecule has 1 saturated heterocycles. The normalized spacial score (nSPS) is 17.9. The predicted molar refractivity (Wildman–Crippen MR) is 159 cm³/mol. The lowest BCUT2D eigenvalue weighted by molar-refractivity contribution is -0.0381. The Hall–Kier alpha value is -4.40. The fourth-order valence-corrected chi connectivity index (χ4v) is 4.69. The molecule has 0 spiro atoms. The van der Waals surface area contributed by atoms with Crippen LogP contribution in [0.4, 0.5) is 10.6 Å². The van der Waals surface area contributed by atoms with Gasteiger partial charge in [-0.1, -0.05) is 12.1 Å². The second-order valence-electron chi connectivity index (χ2n) is 9.60. The molecule has 2 amide bonds. The van der Waals surface area contributed by atoms with Crippen molar-refractivity contribution in [3.8, 4) is 11.5 Å². The van der Waals surface area contributed by atoms with Crippen LogP contribution in [-0.4, -0.2) is 81.2 Å². The molecule has 1 aliphatic heterocycles. The van der Waals surface area contributed by atoms with Crippen molar-refractivity contribution in [3.63, 3.8) is 0 Å². The van der Waals surface area contributed by atoms with E-state index in [1.807, 2.05) is 6.26 Å². The number of nitrogens with one attached hydrogen (secondary N) is 2. The minimum absolute atomic E-state index is 0.157. The Bertz CT molecular complexity index is 1530. The van der Waals surface area contributed by atoms with Crippen LogP contribution in [0.5, 0.6) is 11.5 Å². The third-order valence-electron chi connectivity index (χ3n) is 6.75. The van der Waals surface area contributed by atoms with Crippen molar-refractivity contribution in [3.05, 3.63) is 72.3 Å². The molecule has 5 rings (SSSR count). The lowest BCUT2D eigenvalue weighted by atomic mass is 10.1. The summed E-state index contributed by atoms with van der Waals surface area (Å²) in [5.41, 5.74) is 2.05. The molecule has 3 heterocycles. The van der Waals surface area contributed by atoms with E-state index in [0.717, 1.165) is 17.1 Å². The van der Waals surface area contributed by atoms with Gasteiger partial charge in [-0.25, -0.2) is 19.7 Å². The average molecular weight is 609 g/mol. The number of carbonyl (C=O) groups excluding carboxylic acids is 2. The van der Waals surface area contributed by atoms with Crippen molar-refractivity contribution >= 4 is 40.7 Å². The van der Waals surface area contributed by atoms with Crippen molar-refractivity contribution in [2.45, 2.75) is 31.4 Å². The number of aromatic nitrogens is 4. The summed E-state index contributed by atoms with van der Waals surface area (Å²) in [7, 11) is 1.59. The van der Waals surface area contributed by atoms with E-state index in [-0.39, 0.29) is 24.9 Å². The topological polar surface area (TPSA) is 159 Å². The molecule has 14 heteroatoms. The van der Waals surface area contributed by atoms with E-state index in [1.165, 1.54) is 6.33 Å². The van der Waals surface area contributed by atoms with Gasteiger partial charge >= 0.3 is 6.09 Å². The number of ether oxygens (including phenoxy) is 4. The van der Waals surface area contributed by atoms with Gasteiger partial charge in [0.2, 0.25) is 0 Å². The first-order valence-electron chi connectivity index (χ1n) is 13.5. The zero-order chi connectivity index (χ0) is 30.2. The summed E-state index contributed by atoms with van der Waals surface area (Å²) in [6.07, 6.45) is 2.79. The maximum absolute atomic E-state index is 13.0. The molecular formula is C29H32N6O7S. The maximum Gasteiger partial charge on any atom is 0.407 e. The zero-order valence-electron chi connectivity index (χ0n) is 23.6. The molecule has 0 aliphatic carbocycles. The van der Waals surface area contributed by atoms with Gasteiger partial charge in [-0.2, -0.15) is 11.8 Å². The van der Waals surface area contributed by atoms with Crippen LogP contribution in [0.2, 0.25) is 0 Å². The number of alkyl carbamates (subject to hydrolysis) is 1. The number of hydrogen-bond acceptors (Lipinski definition) is 11. The van der Waals surface area contributed by atoms with Gasteiger partial charge in [-0.05, 0) is 48.2 Å². The highest BCUT2D eigenvalue weighted by atomic mass is 32.2. The van der Waals surface area contributed by atoms with E-state index in [9.17, 15) is 14.7 Å². The SMILES string of the molecule is COc1ccc(OC[C@H]2O[C@@H](n3cnc4c(NC(=O)c5ccc(CNC(=O)OCCSC)cc5)ncnc43)C[C@H]2O)cc1. The second kappa shape index (κ2) is 14.2. The van der Waals surface area contributed by atoms with Crippen LogP contribution < -0.4 is 20.1 Å². The molecule has 0 bridgehead atoms. The number of nitrogens with zero attached hydrogens (tertiary/aromatic N) is 4. The van der Waals surface area contributed by atoms with Crippen LogP contribution in [0, 0.1) is 0 Å². The number of amides is 2. The molecule has 3 atom stereocenters. The number of aliphatic hydroxyl groups is 1.